The van der Waals surface area contributed by atoms with E-state index in [9.17, 15) is 4.79 Å². The van der Waals surface area contributed by atoms with Gasteiger partial charge in [0, 0.05) is 18.2 Å². The van der Waals surface area contributed by atoms with Crippen LogP contribution in [0.15, 0.2) is 11.8 Å². The van der Waals surface area contributed by atoms with Crippen LogP contribution < -0.4 is 5.32 Å². The zero-order valence-electron chi connectivity index (χ0n) is 11.4. The van der Waals surface area contributed by atoms with Crippen LogP contribution in [0.3, 0.4) is 0 Å². The molecular weight excluding hydrogens is 210 g/mol. The van der Waals surface area contributed by atoms with E-state index >= 15 is 0 Å². The molecular formula is C15H27NO. The number of rotatable bonds is 8. The third-order valence-corrected chi connectivity index (χ3v) is 3.73. The lowest BCUT2D eigenvalue weighted by Gasteiger charge is -2.22. The molecule has 2 atom stereocenters. The highest BCUT2D eigenvalue weighted by molar-refractivity contribution is 5.57. The summed E-state index contributed by atoms with van der Waals surface area (Å²) < 4.78 is 0. The molecule has 2 nitrogen and oxygen atoms in total. The molecule has 0 saturated heterocycles. The van der Waals surface area contributed by atoms with Gasteiger partial charge in [-0.3, -0.25) is 0 Å². The molecule has 0 bridgehead atoms. The van der Waals surface area contributed by atoms with Gasteiger partial charge in [0.2, 0.25) is 0 Å². The van der Waals surface area contributed by atoms with Crippen molar-refractivity contribution in [3.63, 3.8) is 0 Å². The van der Waals surface area contributed by atoms with Crippen LogP contribution in [0.2, 0.25) is 0 Å². The Morgan fingerprint density at radius 3 is 3.00 bits per heavy atom. The molecule has 0 radical (unpaired) electrons. The van der Waals surface area contributed by atoms with Gasteiger partial charge in [-0.15, -0.1) is 0 Å². The molecule has 0 saturated carbocycles. The smallest absolute Gasteiger partial charge is 0.126 e. The highest BCUT2D eigenvalue weighted by Gasteiger charge is 2.13. The number of allylic oxidation sites excluding steroid dienone is 2. The molecule has 0 aromatic rings. The maximum Gasteiger partial charge on any atom is 0.126 e. The third-order valence-electron chi connectivity index (χ3n) is 3.73. The van der Waals surface area contributed by atoms with E-state index in [1.54, 1.807) is 0 Å². The molecule has 0 spiro atoms. The van der Waals surface area contributed by atoms with E-state index < -0.39 is 0 Å². The van der Waals surface area contributed by atoms with E-state index in [0.29, 0.717) is 0 Å². The zero-order chi connectivity index (χ0) is 12.5. The van der Waals surface area contributed by atoms with Gasteiger partial charge in [0.1, 0.15) is 6.29 Å². The fourth-order valence-corrected chi connectivity index (χ4v) is 2.43. The van der Waals surface area contributed by atoms with Crippen LogP contribution in [0.5, 0.6) is 0 Å². The first-order valence-corrected chi connectivity index (χ1v) is 7.20. The molecule has 17 heavy (non-hydrogen) atoms. The van der Waals surface area contributed by atoms with Gasteiger partial charge in [0.05, 0.1) is 0 Å². The van der Waals surface area contributed by atoms with Crippen molar-refractivity contribution in [2.75, 3.05) is 6.54 Å². The average molecular weight is 237 g/mol. The summed E-state index contributed by atoms with van der Waals surface area (Å²) in [5.41, 5.74) is 1.29. The Morgan fingerprint density at radius 1 is 1.53 bits per heavy atom. The normalized spacial score (nSPS) is 21.8. The van der Waals surface area contributed by atoms with Gasteiger partial charge >= 0.3 is 0 Å². The number of carbonyl (C=O) groups excluding carboxylic acids is 1. The van der Waals surface area contributed by atoms with Crippen LogP contribution >= 0.6 is 0 Å². The summed E-state index contributed by atoms with van der Waals surface area (Å²) in [6.45, 7) is 5.60. The minimum atomic E-state index is 0.155. The summed E-state index contributed by atoms with van der Waals surface area (Å²) in [5, 5.41) is 3.55. The first-order valence-electron chi connectivity index (χ1n) is 7.20. The maximum atomic E-state index is 10.8. The van der Waals surface area contributed by atoms with Crippen molar-refractivity contribution in [2.45, 2.75) is 58.8 Å². The molecule has 2 unspecified atom stereocenters. The Kier molecular flexibility index (Phi) is 6.99. The van der Waals surface area contributed by atoms with Crippen LogP contribution in [0.25, 0.3) is 0 Å². The van der Waals surface area contributed by atoms with E-state index in [-0.39, 0.29) is 5.92 Å². The van der Waals surface area contributed by atoms with Crippen LogP contribution in [0.4, 0.5) is 0 Å². The molecule has 98 valence electrons. The quantitative estimate of drug-likeness (QED) is 0.653. The lowest BCUT2D eigenvalue weighted by Crippen LogP contribution is -2.24. The first-order chi connectivity index (χ1) is 8.30. The largest absolute Gasteiger partial charge is 0.388 e. The average Bonchev–Trinajstić information content (AvgIpc) is 2.39. The molecule has 1 rings (SSSR count). The number of aldehydes is 1. The van der Waals surface area contributed by atoms with Gasteiger partial charge in [-0.25, -0.2) is 0 Å². The summed E-state index contributed by atoms with van der Waals surface area (Å²) in [6.07, 6.45) is 11.7. The highest BCUT2D eigenvalue weighted by Crippen LogP contribution is 2.20. The van der Waals surface area contributed by atoms with Crippen molar-refractivity contribution in [3.8, 4) is 0 Å². The third kappa shape index (κ3) is 5.38. The van der Waals surface area contributed by atoms with E-state index in [4.69, 9.17) is 0 Å². The van der Waals surface area contributed by atoms with E-state index in [1.165, 1.54) is 31.4 Å². The number of unbranched alkanes of at least 4 members (excludes halogenated alkanes) is 1. The highest BCUT2D eigenvalue weighted by atomic mass is 16.1. The molecule has 1 aliphatic carbocycles. The van der Waals surface area contributed by atoms with Crippen molar-refractivity contribution < 1.29 is 4.79 Å². The lowest BCUT2D eigenvalue weighted by atomic mass is 9.94. The van der Waals surface area contributed by atoms with Gasteiger partial charge < -0.3 is 10.1 Å². The summed E-state index contributed by atoms with van der Waals surface area (Å²) >= 11 is 0. The monoisotopic (exact) mass is 237 g/mol. The lowest BCUT2D eigenvalue weighted by molar-refractivity contribution is -0.110. The maximum absolute atomic E-state index is 10.8. The molecule has 0 aromatic carbocycles. The topological polar surface area (TPSA) is 29.1 Å². The zero-order valence-corrected chi connectivity index (χ0v) is 11.4. The van der Waals surface area contributed by atoms with Crippen LogP contribution in [-0.2, 0) is 4.79 Å². The fraction of sp³-hybridized carbons (Fsp3) is 0.800. The Labute approximate surface area is 106 Å². The molecule has 0 fully saturated rings. The van der Waals surface area contributed by atoms with Crippen LogP contribution in [-0.4, -0.2) is 12.8 Å². The summed E-state index contributed by atoms with van der Waals surface area (Å²) in [6, 6.07) is 0. The second-order valence-electron chi connectivity index (χ2n) is 5.18. The van der Waals surface area contributed by atoms with Gasteiger partial charge in [-0.05, 0) is 31.6 Å². The van der Waals surface area contributed by atoms with E-state index in [2.05, 4.69) is 25.2 Å². The molecule has 0 aliphatic heterocycles. The van der Waals surface area contributed by atoms with Crippen molar-refractivity contribution in [1.82, 2.24) is 5.32 Å². The predicted octanol–water partition coefficient (Wildman–Crippen LogP) is 3.68. The summed E-state index contributed by atoms with van der Waals surface area (Å²) in [7, 11) is 0. The minimum absolute atomic E-state index is 0.155. The summed E-state index contributed by atoms with van der Waals surface area (Å²) in [4.78, 5) is 10.8. The number of carbonyl (C=O) groups is 1. The van der Waals surface area contributed by atoms with E-state index in [1.807, 2.05) is 0 Å². The molecule has 1 N–H and O–H groups in total. The second kappa shape index (κ2) is 8.32. The molecule has 2 heteroatoms. The van der Waals surface area contributed by atoms with Gasteiger partial charge in [0.15, 0.2) is 0 Å². The Balaban J connectivity index is 2.32. The Bertz CT molecular complexity index is 247. The number of nitrogens with one attached hydrogen (secondary N) is 1. The van der Waals surface area contributed by atoms with Crippen molar-refractivity contribution in [1.29, 1.82) is 0 Å². The van der Waals surface area contributed by atoms with Crippen molar-refractivity contribution in [2.24, 2.45) is 11.8 Å². The SMILES string of the molecule is CCCCC(CC)CNC1=CC(C=O)CCC1. The van der Waals surface area contributed by atoms with Crippen LogP contribution in [0, 0.1) is 11.8 Å². The fourth-order valence-electron chi connectivity index (χ4n) is 2.43. The van der Waals surface area contributed by atoms with Crippen molar-refractivity contribution >= 4 is 6.29 Å². The van der Waals surface area contributed by atoms with Gasteiger partial charge in [-0.2, -0.15) is 0 Å². The molecule has 0 aromatic heterocycles. The van der Waals surface area contributed by atoms with Gasteiger partial charge in [-0.1, -0.05) is 39.2 Å². The number of hydrogen-bond acceptors (Lipinski definition) is 2. The minimum Gasteiger partial charge on any atom is -0.388 e. The predicted molar refractivity (Wildman–Crippen MR) is 72.8 cm³/mol. The molecule has 0 amide bonds. The van der Waals surface area contributed by atoms with Gasteiger partial charge in [0.25, 0.3) is 0 Å². The second-order valence-corrected chi connectivity index (χ2v) is 5.18. The van der Waals surface area contributed by atoms with Crippen molar-refractivity contribution in [3.05, 3.63) is 11.8 Å². The summed E-state index contributed by atoms with van der Waals surface area (Å²) in [5.74, 6) is 0.939. The van der Waals surface area contributed by atoms with Crippen LogP contribution in [0.1, 0.15) is 58.8 Å². The molecule has 0 heterocycles. The number of hydrogen-bond donors (Lipinski definition) is 1. The Morgan fingerprint density at radius 2 is 2.35 bits per heavy atom. The Hall–Kier alpha value is -0.790. The van der Waals surface area contributed by atoms with E-state index in [0.717, 1.165) is 38.0 Å². The molecule has 1 aliphatic rings. The standard InChI is InChI=1S/C15H27NO/c1-3-5-7-13(4-2)11-16-15-9-6-8-14(10-15)12-17/h10,12-14,16H,3-9,11H2,1-2H3. The first kappa shape index (κ1) is 14.3.